The number of amides is 1. The fourth-order valence-electron chi connectivity index (χ4n) is 2.58. The van der Waals surface area contributed by atoms with E-state index in [9.17, 15) is 4.79 Å². The Morgan fingerprint density at radius 3 is 2.55 bits per heavy atom. The summed E-state index contributed by atoms with van der Waals surface area (Å²) < 4.78 is 5.30. The molecule has 1 aromatic carbocycles. The van der Waals surface area contributed by atoms with Crippen molar-refractivity contribution in [3.63, 3.8) is 0 Å². The van der Waals surface area contributed by atoms with Gasteiger partial charge in [0.05, 0.1) is 0 Å². The molecule has 1 aliphatic rings. The first-order valence-corrected chi connectivity index (χ1v) is 8.19. The summed E-state index contributed by atoms with van der Waals surface area (Å²) in [6.07, 6.45) is 2.86. The molecule has 0 spiro atoms. The van der Waals surface area contributed by atoms with Gasteiger partial charge in [-0.15, -0.1) is 0 Å². The minimum Gasteiger partial charge on any atom is -0.444 e. The third kappa shape index (κ3) is 5.34. The second kappa shape index (κ2) is 7.14. The van der Waals surface area contributed by atoms with Crippen LogP contribution in [0.4, 0.5) is 4.79 Å². The topological polar surface area (TPSA) is 50.4 Å². The van der Waals surface area contributed by atoms with Crippen molar-refractivity contribution < 1.29 is 9.53 Å². The van der Waals surface area contributed by atoms with Crippen LogP contribution < -0.4 is 10.6 Å². The highest BCUT2D eigenvalue weighted by Crippen LogP contribution is 2.28. The summed E-state index contributed by atoms with van der Waals surface area (Å²) >= 11 is 0. The molecule has 122 valence electrons. The maximum Gasteiger partial charge on any atom is 0.407 e. The smallest absolute Gasteiger partial charge is 0.407 e. The monoisotopic (exact) mass is 304 g/mol. The van der Waals surface area contributed by atoms with Crippen LogP contribution in [0.1, 0.15) is 58.6 Å². The van der Waals surface area contributed by atoms with E-state index >= 15 is 0 Å². The molecule has 0 radical (unpaired) electrons. The number of nitrogens with one attached hydrogen (secondary N) is 2. The van der Waals surface area contributed by atoms with Gasteiger partial charge in [-0.3, -0.25) is 0 Å². The maximum atomic E-state index is 11.8. The second-order valence-corrected chi connectivity index (χ2v) is 7.01. The standard InChI is InChI=1S/C18H28N2O2/c1-5-9-14(13-10-7-6-8-11-13)19-15-12-16(15)20-17(21)22-18(2,3)4/h6-8,10-11,14-16,19H,5,9,12H2,1-4H3,(H,20,21). The molecule has 3 unspecified atom stereocenters. The molecule has 4 heteroatoms. The third-order valence-electron chi connectivity index (χ3n) is 3.69. The van der Waals surface area contributed by atoms with E-state index in [2.05, 4.69) is 41.8 Å². The lowest BCUT2D eigenvalue weighted by atomic mass is 10.0. The minimum absolute atomic E-state index is 0.179. The normalized spacial score (nSPS) is 22.0. The first-order chi connectivity index (χ1) is 10.4. The van der Waals surface area contributed by atoms with Crippen LogP contribution in [0.25, 0.3) is 0 Å². The molecule has 22 heavy (non-hydrogen) atoms. The van der Waals surface area contributed by atoms with Crippen molar-refractivity contribution in [3.8, 4) is 0 Å². The van der Waals surface area contributed by atoms with Gasteiger partial charge in [-0.05, 0) is 39.2 Å². The van der Waals surface area contributed by atoms with Crippen molar-refractivity contribution in [2.75, 3.05) is 0 Å². The molecule has 0 heterocycles. The Morgan fingerprint density at radius 1 is 1.27 bits per heavy atom. The first-order valence-electron chi connectivity index (χ1n) is 8.19. The third-order valence-corrected chi connectivity index (χ3v) is 3.69. The van der Waals surface area contributed by atoms with E-state index in [1.807, 2.05) is 26.8 Å². The average molecular weight is 304 g/mol. The number of carbonyl (C=O) groups excluding carboxylic acids is 1. The van der Waals surface area contributed by atoms with E-state index in [-0.39, 0.29) is 12.1 Å². The average Bonchev–Trinajstić information content (AvgIpc) is 3.14. The lowest BCUT2D eigenvalue weighted by molar-refractivity contribution is 0.0522. The Kier molecular flexibility index (Phi) is 5.46. The van der Waals surface area contributed by atoms with Crippen molar-refractivity contribution in [3.05, 3.63) is 35.9 Å². The van der Waals surface area contributed by atoms with Crippen LogP contribution >= 0.6 is 0 Å². The van der Waals surface area contributed by atoms with Gasteiger partial charge in [-0.25, -0.2) is 4.79 Å². The van der Waals surface area contributed by atoms with E-state index in [1.54, 1.807) is 0 Å². The van der Waals surface area contributed by atoms with E-state index in [0.29, 0.717) is 12.1 Å². The largest absolute Gasteiger partial charge is 0.444 e. The molecule has 3 atom stereocenters. The summed E-state index contributed by atoms with van der Waals surface area (Å²) in [6.45, 7) is 7.83. The van der Waals surface area contributed by atoms with Crippen LogP contribution in [0.3, 0.4) is 0 Å². The number of rotatable bonds is 6. The molecule has 2 N–H and O–H groups in total. The molecule has 0 bridgehead atoms. The zero-order valence-corrected chi connectivity index (χ0v) is 14.1. The maximum absolute atomic E-state index is 11.8. The van der Waals surface area contributed by atoms with Crippen LogP contribution in [0.5, 0.6) is 0 Å². The molecule has 0 saturated heterocycles. The van der Waals surface area contributed by atoms with Gasteiger partial charge in [0.25, 0.3) is 0 Å². The van der Waals surface area contributed by atoms with Crippen LogP contribution in [-0.2, 0) is 4.74 Å². The van der Waals surface area contributed by atoms with Gasteiger partial charge in [0.15, 0.2) is 0 Å². The lowest BCUT2D eigenvalue weighted by Gasteiger charge is -2.21. The van der Waals surface area contributed by atoms with Crippen LogP contribution in [0, 0.1) is 0 Å². The summed E-state index contributed by atoms with van der Waals surface area (Å²) in [6, 6.07) is 11.4. The molecule has 0 aromatic heterocycles. The molecule has 1 aliphatic carbocycles. The van der Waals surface area contributed by atoms with Gasteiger partial charge >= 0.3 is 6.09 Å². The van der Waals surface area contributed by atoms with E-state index in [0.717, 1.165) is 19.3 Å². The molecule has 1 amide bonds. The van der Waals surface area contributed by atoms with E-state index in [1.165, 1.54) is 5.56 Å². The minimum atomic E-state index is -0.448. The molecule has 1 aromatic rings. The number of hydrogen-bond donors (Lipinski definition) is 2. The molecule has 1 saturated carbocycles. The van der Waals surface area contributed by atoms with Crippen LogP contribution in [-0.4, -0.2) is 23.8 Å². The van der Waals surface area contributed by atoms with Crippen LogP contribution in [0.15, 0.2) is 30.3 Å². The molecular formula is C18H28N2O2. The zero-order chi connectivity index (χ0) is 16.2. The highest BCUT2D eigenvalue weighted by atomic mass is 16.6. The SMILES string of the molecule is CCCC(NC1CC1NC(=O)OC(C)(C)C)c1ccccc1. The Balaban J connectivity index is 1.83. The van der Waals surface area contributed by atoms with Gasteiger partial charge in [0.2, 0.25) is 0 Å². The predicted octanol–water partition coefficient (Wildman–Crippen LogP) is 3.78. The van der Waals surface area contributed by atoms with Gasteiger partial charge < -0.3 is 15.4 Å². The number of hydrogen-bond acceptors (Lipinski definition) is 3. The van der Waals surface area contributed by atoms with Crippen molar-refractivity contribution >= 4 is 6.09 Å². The van der Waals surface area contributed by atoms with Gasteiger partial charge in [-0.1, -0.05) is 43.7 Å². The molecule has 0 aliphatic heterocycles. The van der Waals surface area contributed by atoms with E-state index < -0.39 is 5.60 Å². The summed E-state index contributed by atoms with van der Waals surface area (Å²) in [4.78, 5) is 11.8. The lowest BCUT2D eigenvalue weighted by Crippen LogP contribution is -2.37. The van der Waals surface area contributed by atoms with Crippen molar-refractivity contribution in [2.24, 2.45) is 0 Å². The van der Waals surface area contributed by atoms with E-state index in [4.69, 9.17) is 4.74 Å². The predicted molar refractivity (Wildman–Crippen MR) is 88.8 cm³/mol. The molecular weight excluding hydrogens is 276 g/mol. The number of ether oxygens (including phenoxy) is 1. The number of benzene rings is 1. The van der Waals surface area contributed by atoms with Crippen molar-refractivity contribution in [2.45, 2.75) is 70.7 Å². The van der Waals surface area contributed by atoms with Crippen molar-refractivity contribution in [1.82, 2.24) is 10.6 Å². The van der Waals surface area contributed by atoms with Gasteiger partial charge in [0, 0.05) is 18.1 Å². The fourth-order valence-corrected chi connectivity index (χ4v) is 2.58. The van der Waals surface area contributed by atoms with Gasteiger partial charge in [-0.2, -0.15) is 0 Å². The summed E-state index contributed by atoms with van der Waals surface area (Å²) in [7, 11) is 0. The fraction of sp³-hybridized carbons (Fsp3) is 0.611. The van der Waals surface area contributed by atoms with Crippen LogP contribution in [0.2, 0.25) is 0 Å². The zero-order valence-electron chi connectivity index (χ0n) is 14.1. The summed E-state index contributed by atoms with van der Waals surface area (Å²) in [5, 5.41) is 6.59. The Hall–Kier alpha value is -1.55. The summed E-state index contributed by atoms with van der Waals surface area (Å²) in [5.74, 6) is 0. The number of carbonyl (C=O) groups is 1. The Labute approximate surface area is 133 Å². The second-order valence-electron chi connectivity index (χ2n) is 7.01. The molecule has 4 nitrogen and oxygen atoms in total. The first kappa shape index (κ1) is 16.8. The Morgan fingerprint density at radius 2 is 1.95 bits per heavy atom. The van der Waals surface area contributed by atoms with Crippen molar-refractivity contribution in [1.29, 1.82) is 0 Å². The number of alkyl carbamates (subject to hydrolysis) is 1. The quantitative estimate of drug-likeness (QED) is 0.841. The summed E-state index contributed by atoms with van der Waals surface area (Å²) in [5.41, 5.74) is 0.865. The molecule has 2 rings (SSSR count). The highest BCUT2D eigenvalue weighted by molar-refractivity contribution is 5.68. The van der Waals surface area contributed by atoms with Gasteiger partial charge in [0.1, 0.15) is 5.60 Å². The highest BCUT2D eigenvalue weighted by Gasteiger charge is 2.40. The Bertz CT molecular complexity index is 482. The molecule has 1 fully saturated rings.